The number of pyridine rings is 1. The summed E-state index contributed by atoms with van der Waals surface area (Å²) in [5.41, 5.74) is 2.16. The summed E-state index contributed by atoms with van der Waals surface area (Å²) in [6.07, 6.45) is 1.88. The van der Waals surface area contributed by atoms with Crippen LogP contribution in [0.4, 0.5) is 5.69 Å². The van der Waals surface area contributed by atoms with Crippen LogP contribution in [0.15, 0.2) is 36.5 Å². The van der Waals surface area contributed by atoms with E-state index in [0.29, 0.717) is 21.4 Å². The van der Waals surface area contributed by atoms with E-state index in [1.165, 1.54) is 0 Å². The monoisotopic (exact) mass is 294 g/mol. The molecule has 2 aromatic rings. The van der Waals surface area contributed by atoms with Crippen LogP contribution in [-0.2, 0) is 11.2 Å². The second-order valence-corrected chi connectivity index (χ2v) is 4.92. The van der Waals surface area contributed by atoms with E-state index in [2.05, 4.69) is 10.3 Å². The summed E-state index contributed by atoms with van der Waals surface area (Å²) in [7, 11) is 0. The zero-order valence-electron chi connectivity index (χ0n) is 10.3. The smallest absolute Gasteiger partial charge is 0.228 e. The molecule has 98 valence electrons. The zero-order valence-corrected chi connectivity index (χ0v) is 11.8. The fourth-order valence-corrected chi connectivity index (χ4v) is 1.91. The second-order valence-electron chi connectivity index (χ2n) is 4.11. The molecule has 1 aromatic heterocycles. The summed E-state index contributed by atoms with van der Waals surface area (Å²) in [5.74, 6) is -0.130. The maximum Gasteiger partial charge on any atom is 0.228 e. The lowest BCUT2D eigenvalue weighted by Crippen LogP contribution is -2.15. The van der Waals surface area contributed by atoms with E-state index in [4.69, 9.17) is 23.2 Å². The molecule has 0 atom stereocenters. The largest absolute Gasteiger partial charge is 0.324 e. The van der Waals surface area contributed by atoms with Crippen molar-refractivity contribution in [3.05, 3.63) is 57.8 Å². The number of benzene rings is 1. The van der Waals surface area contributed by atoms with Crippen LogP contribution >= 0.6 is 23.2 Å². The van der Waals surface area contributed by atoms with E-state index in [1.807, 2.05) is 12.1 Å². The van der Waals surface area contributed by atoms with Crippen LogP contribution in [0.3, 0.4) is 0 Å². The summed E-state index contributed by atoms with van der Waals surface area (Å²) in [4.78, 5) is 15.9. The summed E-state index contributed by atoms with van der Waals surface area (Å²) < 4.78 is 0. The van der Waals surface area contributed by atoms with Crippen molar-refractivity contribution in [2.75, 3.05) is 5.32 Å². The topological polar surface area (TPSA) is 42.0 Å². The van der Waals surface area contributed by atoms with Gasteiger partial charge in [0.25, 0.3) is 0 Å². The number of hydrogen-bond donors (Lipinski definition) is 1. The van der Waals surface area contributed by atoms with E-state index >= 15 is 0 Å². The number of carbonyl (C=O) groups is 1. The highest BCUT2D eigenvalue weighted by Crippen LogP contribution is 2.23. The number of anilines is 1. The van der Waals surface area contributed by atoms with Crippen molar-refractivity contribution in [3.8, 4) is 0 Å². The van der Waals surface area contributed by atoms with Gasteiger partial charge < -0.3 is 5.32 Å². The van der Waals surface area contributed by atoms with Crippen LogP contribution in [0.1, 0.15) is 11.3 Å². The van der Waals surface area contributed by atoms with Crippen molar-refractivity contribution in [2.24, 2.45) is 0 Å². The number of hydrogen-bond acceptors (Lipinski definition) is 2. The third-order valence-electron chi connectivity index (χ3n) is 2.62. The lowest BCUT2D eigenvalue weighted by atomic mass is 10.1. The molecular formula is C14H12Cl2N2O. The number of amides is 1. The van der Waals surface area contributed by atoms with Gasteiger partial charge in [0.15, 0.2) is 0 Å². The van der Waals surface area contributed by atoms with Crippen molar-refractivity contribution in [1.29, 1.82) is 0 Å². The predicted octanol–water partition coefficient (Wildman–Crippen LogP) is 3.88. The molecule has 0 radical (unpaired) electrons. The number of rotatable bonds is 3. The first kappa shape index (κ1) is 13.8. The van der Waals surface area contributed by atoms with Gasteiger partial charge in [-0.2, -0.15) is 0 Å². The molecule has 1 N–H and O–H groups in total. The predicted molar refractivity (Wildman–Crippen MR) is 77.8 cm³/mol. The fourth-order valence-electron chi connectivity index (χ4n) is 1.63. The van der Waals surface area contributed by atoms with Gasteiger partial charge in [-0.1, -0.05) is 35.3 Å². The molecule has 0 fully saturated rings. The summed E-state index contributed by atoms with van der Waals surface area (Å²) >= 11 is 11.9. The first-order chi connectivity index (χ1) is 9.06. The number of halogens is 2. The Morgan fingerprint density at radius 2 is 1.89 bits per heavy atom. The molecule has 1 aromatic carbocycles. The highest BCUT2D eigenvalue weighted by Gasteiger charge is 2.08. The fraction of sp³-hybridized carbons (Fsp3) is 0.143. The van der Waals surface area contributed by atoms with Crippen molar-refractivity contribution >= 4 is 34.8 Å². The van der Waals surface area contributed by atoms with Gasteiger partial charge >= 0.3 is 0 Å². The minimum absolute atomic E-state index is 0.130. The standard InChI is InChI=1S/C14H12Cl2N2O/c1-9-14(16)12(6-7-17-9)18-13(19)8-10-2-4-11(15)5-3-10/h2-7H,8H2,1H3,(H,17,18,19). The van der Waals surface area contributed by atoms with E-state index in [0.717, 1.165) is 5.56 Å². The summed E-state index contributed by atoms with van der Waals surface area (Å²) in [6.45, 7) is 1.79. The quantitative estimate of drug-likeness (QED) is 0.933. The number of aromatic nitrogens is 1. The number of nitrogens with one attached hydrogen (secondary N) is 1. The molecule has 0 aliphatic heterocycles. The lowest BCUT2D eigenvalue weighted by molar-refractivity contribution is -0.115. The molecule has 1 heterocycles. The van der Waals surface area contributed by atoms with Gasteiger partial charge in [0.1, 0.15) is 0 Å². The normalized spacial score (nSPS) is 10.3. The van der Waals surface area contributed by atoms with Crippen molar-refractivity contribution in [3.63, 3.8) is 0 Å². The number of aryl methyl sites for hydroxylation is 1. The molecule has 5 heteroatoms. The molecule has 1 amide bonds. The van der Waals surface area contributed by atoms with Crippen LogP contribution < -0.4 is 5.32 Å². The maximum atomic E-state index is 11.9. The average Bonchev–Trinajstić information content (AvgIpc) is 2.38. The third kappa shape index (κ3) is 3.69. The van der Waals surface area contributed by atoms with Crippen LogP contribution in [0.25, 0.3) is 0 Å². The van der Waals surface area contributed by atoms with Gasteiger partial charge in [0.05, 0.1) is 22.8 Å². The Bertz CT molecular complexity index is 597. The highest BCUT2D eigenvalue weighted by molar-refractivity contribution is 6.34. The van der Waals surface area contributed by atoms with Crippen LogP contribution in [0.2, 0.25) is 10.0 Å². The van der Waals surface area contributed by atoms with E-state index in [-0.39, 0.29) is 12.3 Å². The molecule has 3 nitrogen and oxygen atoms in total. The van der Waals surface area contributed by atoms with Gasteiger partial charge in [0.2, 0.25) is 5.91 Å². The highest BCUT2D eigenvalue weighted by atomic mass is 35.5. The average molecular weight is 295 g/mol. The van der Waals surface area contributed by atoms with Crippen LogP contribution in [-0.4, -0.2) is 10.9 Å². The molecule has 0 saturated heterocycles. The Hall–Kier alpha value is -1.58. The van der Waals surface area contributed by atoms with Crippen LogP contribution in [0, 0.1) is 6.92 Å². The molecule has 19 heavy (non-hydrogen) atoms. The summed E-state index contributed by atoms with van der Waals surface area (Å²) in [6, 6.07) is 8.83. The van der Waals surface area contributed by atoms with Crippen molar-refractivity contribution < 1.29 is 4.79 Å². The van der Waals surface area contributed by atoms with Gasteiger partial charge in [-0.05, 0) is 30.7 Å². The number of nitrogens with zero attached hydrogens (tertiary/aromatic N) is 1. The van der Waals surface area contributed by atoms with E-state index in [1.54, 1.807) is 31.3 Å². The molecular weight excluding hydrogens is 283 g/mol. The molecule has 0 unspecified atom stereocenters. The first-order valence-electron chi connectivity index (χ1n) is 5.71. The third-order valence-corrected chi connectivity index (χ3v) is 3.34. The summed E-state index contributed by atoms with van der Waals surface area (Å²) in [5, 5.41) is 3.88. The maximum absolute atomic E-state index is 11.9. The number of carbonyl (C=O) groups excluding carboxylic acids is 1. The van der Waals surface area contributed by atoms with Crippen molar-refractivity contribution in [2.45, 2.75) is 13.3 Å². The molecule has 0 aliphatic carbocycles. The van der Waals surface area contributed by atoms with Gasteiger partial charge in [-0.3, -0.25) is 9.78 Å². The molecule has 0 spiro atoms. The second kappa shape index (κ2) is 6.04. The van der Waals surface area contributed by atoms with Gasteiger partial charge in [-0.15, -0.1) is 0 Å². The van der Waals surface area contributed by atoms with Gasteiger partial charge in [-0.25, -0.2) is 0 Å². The Kier molecular flexibility index (Phi) is 4.40. The Balaban J connectivity index is 2.05. The minimum Gasteiger partial charge on any atom is -0.324 e. The lowest BCUT2D eigenvalue weighted by Gasteiger charge is -2.08. The van der Waals surface area contributed by atoms with Crippen LogP contribution in [0.5, 0.6) is 0 Å². The Morgan fingerprint density at radius 3 is 2.58 bits per heavy atom. The SMILES string of the molecule is Cc1nccc(NC(=O)Cc2ccc(Cl)cc2)c1Cl. The Labute approximate surface area is 121 Å². The molecule has 0 aliphatic rings. The van der Waals surface area contributed by atoms with Gasteiger partial charge in [0, 0.05) is 11.2 Å². The first-order valence-corrected chi connectivity index (χ1v) is 6.47. The van der Waals surface area contributed by atoms with E-state index in [9.17, 15) is 4.79 Å². The minimum atomic E-state index is -0.130. The molecule has 2 rings (SSSR count). The van der Waals surface area contributed by atoms with E-state index < -0.39 is 0 Å². The van der Waals surface area contributed by atoms with Crippen molar-refractivity contribution in [1.82, 2.24) is 4.98 Å². The molecule has 0 bridgehead atoms. The Morgan fingerprint density at radius 1 is 1.21 bits per heavy atom. The molecule has 0 saturated carbocycles. The zero-order chi connectivity index (χ0) is 13.8.